The number of fused-ring (bicyclic) bond motifs is 1. The average Bonchev–Trinajstić information content (AvgIpc) is 3.36. The maximum Gasteiger partial charge on any atom is 0.298 e. The summed E-state index contributed by atoms with van der Waals surface area (Å²) in [6.07, 6.45) is 5.34. The SMILES string of the molecule is CCC(C1CC1)n1c(OC)nc2c(-c3ccc(Cl)cc3Cl)ccnc21. The Kier molecular flexibility index (Phi) is 4.34. The molecule has 25 heavy (non-hydrogen) atoms. The van der Waals surface area contributed by atoms with Crippen molar-refractivity contribution in [3.8, 4) is 17.1 Å². The summed E-state index contributed by atoms with van der Waals surface area (Å²) in [6.45, 7) is 2.20. The molecule has 0 bridgehead atoms. The van der Waals surface area contributed by atoms with Gasteiger partial charge >= 0.3 is 0 Å². The zero-order valence-electron chi connectivity index (χ0n) is 14.2. The number of aromatic nitrogens is 3. The van der Waals surface area contributed by atoms with Crippen LogP contribution in [0.3, 0.4) is 0 Å². The average molecular weight is 376 g/mol. The van der Waals surface area contributed by atoms with Crippen LogP contribution in [0.5, 0.6) is 6.01 Å². The largest absolute Gasteiger partial charge is 0.468 e. The lowest BCUT2D eigenvalue weighted by Gasteiger charge is -2.18. The van der Waals surface area contributed by atoms with Gasteiger partial charge in [0, 0.05) is 33.4 Å². The molecule has 1 aliphatic carbocycles. The summed E-state index contributed by atoms with van der Waals surface area (Å²) >= 11 is 12.5. The van der Waals surface area contributed by atoms with Crippen molar-refractivity contribution in [3.05, 3.63) is 40.5 Å². The zero-order chi connectivity index (χ0) is 17.6. The lowest BCUT2D eigenvalue weighted by molar-refractivity contribution is 0.322. The number of nitrogens with zero attached hydrogens (tertiary/aromatic N) is 3. The summed E-state index contributed by atoms with van der Waals surface area (Å²) in [6, 6.07) is 8.41. The standard InChI is InChI=1S/C19H19Cl2N3O/c1-3-16(11-4-5-11)24-18-17(23-19(24)25-2)14(8-9-22-18)13-7-6-12(20)10-15(13)21/h6-11,16H,3-5H2,1-2H3. The number of hydrogen-bond acceptors (Lipinski definition) is 3. The third-order valence-corrected chi connectivity index (χ3v) is 5.41. The van der Waals surface area contributed by atoms with Crippen LogP contribution in [0.15, 0.2) is 30.5 Å². The highest BCUT2D eigenvalue weighted by Gasteiger charge is 2.34. The molecule has 1 aromatic carbocycles. The molecular weight excluding hydrogens is 357 g/mol. The Morgan fingerprint density at radius 3 is 2.68 bits per heavy atom. The van der Waals surface area contributed by atoms with Crippen LogP contribution >= 0.6 is 23.2 Å². The number of ether oxygens (including phenoxy) is 1. The predicted octanol–water partition coefficient (Wildman–Crippen LogP) is 5.77. The molecule has 2 aromatic heterocycles. The Morgan fingerprint density at radius 2 is 2.04 bits per heavy atom. The Labute approximate surface area is 156 Å². The Balaban J connectivity index is 1.94. The normalized spacial score (nSPS) is 15.5. The van der Waals surface area contributed by atoms with E-state index in [0.29, 0.717) is 28.0 Å². The Hall–Kier alpha value is -1.78. The molecule has 1 saturated carbocycles. The lowest BCUT2D eigenvalue weighted by Crippen LogP contribution is -2.12. The first kappa shape index (κ1) is 16.7. The van der Waals surface area contributed by atoms with E-state index in [4.69, 9.17) is 32.9 Å². The van der Waals surface area contributed by atoms with Crippen LogP contribution in [-0.4, -0.2) is 21.6 Å². The number of pyridine rings is 1. The van der Waals surface area contributed by atoms with Gasteiger partial charge in [-0.15, -0.1) is 0 Å². The van der Waals surface area contributed by atoms with Crippen LogP contribution in [0, 0.1) is 5.92 Å². The van der Waals surface area contributed by atoms with Gasteiger partial charge in [0.05, 0.1) is 7.11 Å². The zero-order valence-corrected chi connectivity index (χ0v) is 15.7. The fourth-order valence-corrected chi connectivity index (χ4v) is 4.06. The van der Waals surface area contributed by atoms with E-state index in [0.717, 1.165) is 28.7 Å². The molecular formula is C19H19Cl2N3O. The summed E-state index contributed by atoms with van der Waals surface area (Å²) < 4.78 is 7.74. The molecule has 0 N–H and O–H groups in total. The third kappa shape index (κ3) is 2.87. The first-order chi connectivity index (χ1) is 12.1. The van der Waals surface area contributed by atoms with Gasteiger partial charge in [0.25, 0.3) is 6.01 Å². The van der Waals surface area contributed by atoms with Gasteiger partial charge in [-0.05, 0) is 43.4 Å². The molecule has 4 rings (SSSR count). The number of imidazole rings is 1. The van der Waals surface area contributed by atoms with E-state index in [-0.39, 0.29) is 0 Å². The Bertz CT molecular complexity index is 934. The second-order valence-electron chi connectivity index (χ2n) is 6.44. The van der Waals surface area contributed by atoms with Gasteiger partial charge in [0.15, 0.2) is 5.65 Å². The summed E-state index contributed by atoms with van der Waals surface area (Å²) in [5.74, 6) is 0.681. The quantitative estimate of drug-likeness (QED) is 0.567. The van der Waals surface area contributed by atoms with Crippen LogP contribution in [0.4, 0.5) is 0 Å². The molecule has 1 atom stereocenters. The summed E-state index contributed by atoms with van der Waals surface area (Å²) in [5.41, 5.74) is 3.49. The number of halogens is 2. The van der Waals surface area contributed by atoms with E-state index in [1.807, 2.05) is 18.2 Å². The highest BCUT2D eigenvalue weighted by Crippen LogP contribution is 2.45. The summed E-state index contributed by atoms with van der Waals surface area (Å²) in [4.78, 5) is 9.35. The van der Waals surface area contributed by atoms with E-state index >= 15 is 0 Å². The molecule has 0 saturated heterocycles. The van der Waals surface area contributed by atoms with Crippen LogP contribution in [0.1, 0.15) is 32.2 Å². The van der Waals surface area contributed by atoms with Gasteiger partial charge in [-0.1, -0.05) is 36.2 Å². The molecule has 1 aliphatic rings. The molecule has 0 spiro atoms. The van der Waals surface area contributed by atoms with E-state index in [2.05, 4.69) is 16.5 Å². The van der Waals surface area contributed by atoms with E-state index in [9.17, 15) is 0 Å². The maximum absolute atomic E-state index is 6.42. The first-order valence-electron chi connectivity index (χ1n) is 8.50. The molecule has 0 radical (unpaired) electrons. The first-order valence-corrected chi connectivity index (χ1v) is 9.26. The van der Waals surface area contributed by atoms with Gasteiger partial charge in [-0.2, -0.15) is 4.98 Å². The highest BCUT2D eigenvalue weighted by atomic mass is 35.5. The van der Waals surface area contributed by atoms with Crippen molar-refractivity contribution in [1.29, 1.82) is 0 Å². The fourth-order valence-electron chi connectivity index (χ4n) is 3.55. The van der Waals surface area contributed by atoms with Crippen LogP contribution in [-0.2, 0) is 0 Å². The molecule has 1 unspecified atom stereocenters. The minimum absolute atomic E-state index is 0.364. The van der Waals surface area contributed by atoms with Gasteiger partial charge in [-0.3, -0.25) is 4.57 Å². The smallest absolute Gasteiger partial charge is 0.298 e. The number of hydrogen-bond donors (Lipinski definition) is 0. The van der Waals surface area contributed by atoms with Crippen molar-refractivity contribution in [1.82, 2.24) is 14.5 Å². The highest BCUT2D eigenvalue weighted by molar-refractivity contribution is 6.36. The lowest BCUT2D eigenvalue weighted by atomic mass is 10.1. The van der Waals surface area contributed by atoms with E-state index in [1.54, 1.807) is 19.4 Å². The van der Waals surface area contributed by atoms with Crippen molar-refractivity contribution < 1.29 is 4.74 Å². The minimum Gasteiger partial charge on any atom is -0.468 e. The van der Waals surface area contributed by atoms with Gasteiger partial charge in [0.2, 0.25) is 0 Å². The predicted molar refractivity (Wildman–Crippen MR) is 102 cm³/mol. The van der Waals surface area contributed by atoms with Crippen LogP contribution < -0.4 is 4.74 Å². The molecule has 0 aliphatic heterocycles. The van der Waals surface area contributed by atoms with Crippen molar-refractivity contribution in [2.45, 2.75) is 32.2 Å². The molecule has 130 valence electrons. The number of rotatable bonds is 5. The molecule has 4 nitrogen and oxygen atoms in total. The third-order valence-electron chi connectivity index (χ3n) is 4.87. The van der Waals surface area contributed by atoms with E-state index in [1.165, 1.54) is 12.8 Å². The second-order valence-corrected chi connectivity index (χ2v) is 7.28. The summed E-state index contributed by atoms with van der Waals surface area (Å²) in [7, 11) is 1.66. The maximum atomic E-state index is 6.42. The monoisotopic (exact) mass is 375 g/mol. The Morgan fingerprint density at radius 1 is 1.24 bits per heavy atom. The van der Waals surface area contributed by atoms with Gasteiger partial charge in [0.1, 0.15) is 5.52 Å². The van der Waals surface area contributed by atoms with Crippen molar-refractivity contribution in [2.24, 2.45) is 5.92 Å². The molecule has 3 aromatic rings. The van der Waals surface area contributed by atoms with Crippen molar-refractivity contribution in [2.75, 3.05) is 7.11 Å². The minimum atomic E-state index is 0.364. The molecule has 1 fully saturated rings. The second kappa shape index (κ2) is 6.50. The van der Waals surface area contributed by atoms with E-state index < -0.39 is 0 Å². The fraction of sp³-hybridized carbons (Fsp3) is 0.368. The van der Waals surface area contributed by atoms with Gasteiger partial charge < -0.3 is 4.74 Å². The van der Waals surface area contributed by atoms with Gasteiger partial charge in [-0.25, -0.2) is 4.98 Å². The van der Waals surface area contributed by atoms with Crippen molar-refractivity contribution in [3.63, 3.8) is 0 Å². The molecule has 2 heterocycles. The molecule has 6 heteroatoms. The van der Waals surface area contributed by atoms with Crippen molar-refractivity contribution >= 4 is 34.4 Å². The number of methoxy groups -OCH3 is 1. The number of benzene rings is 1. The van der Waals surface area contributed by atoms with Crippen LogP contribution in [0.25, 0.3) is 22.3 Å². The topological polar surface area (TPSA) is 39.9 Å². The van der Waals surface area contributed by atoms with Crippen LogP contribution in [0.2, 0.25) is 10.0 Å². The molecule has 0 amide bonds. The summed E-state index contributed by atoms with van der Waals surface area (Å²) in [5, 5.41) is 1.21.